The molecule has 0 aliphatic carbocycles. The van der Waals surface area contributed by atoms with Gasteiger partial charge in [0.05, 0.1) is 5.75 Å². The highest BCUT2D eigenvalue weighted by atomic mass is 127. The normalized spacial score (nSPS) is 11.8. The van der Waals surface area contributed by atoms with Crippen molar-refractivity contribution < 1.29 is 8.42 Å². The fourth-order valence-electron chi connectivity index (χ4n) is 1.16. The number of unbranched alkanes of at least 4 members (excludes halogenated alkanes) is 2. The molecule has 0 bridgehead atoms. The van der Waals surface area contributed by atoms with Crippen molar-refractivity contribution >= 4 is 39.8 Å². The molecule has 0 atom stereocenters. The molecule has 7 heteroatoms. The molecule has 0 aliphatic rings. The van der Waals surface area contributed by atoms with Gasteiger partial charge >= 0.3 is 0 Å². The summed E-state index contributed by atoms with van der Waals surface area (Å²) in [5.41, 5.74) is 0. The molecular formula is C10H24IN3O2S. The van der Waals surface area contributed by atoms with E-state index < -0.39 is 9.84 Å². The van der Waals surface area contributed by atoms with Gasteiger partial charge in [-0.15, -0.1) is 24.0 Å². The van der Waals surface area contributed by atoms with Gasteiger partial charge in [0.25, 0.3) is 0 Å². The lowest BCUT2D eigenvalue weighted by Crippen LogP contribution is -2.39. The molecular weight excluding hydrogens is 353 g/mol. The van der Waals surface area contributed by atoms with Crippen molar-refractivity contribution in [3.63, 3.8) is 0 Å². The first-order chi connectivity index (χ1) is 7.49. The van der Waals surface area contributed by atoms with Crippen LogP contribution in [0.4, 0.5) is 0 Å². The molecule has 0 saturated heterocycles. The van der Waals surface area contributed by atoms with Crippen LogP contribution in [-0.2, 0) is 9.84 Å². The van der Waals surface area contributed by atoms with Crippen LogP contribution in [0, 0.1) is 0 Å². The molecule has 0 aromatic carbocycles. The van der Waals surface area contributed by atoms with Gasteiger partial charge in [0, 0.05) is 26.4 Å². The number of aliphatic imine (C=N–C) groups is 1. The number of nitrogens with one attached hydrogen (secondary N) is 2. The minimum atomic E-state index is -2.90. The van der Waals surface area contributed by atoms with Gasteiger partial charge in [0.15, 0.2) is 5.96 Å². The first kappa shape index (κ1) is 19.3. The van der Waals surface area contributed by atoms with E-state index in [1.165, 1.54) is 19.1 Å². The van der Waals surface area contributed by atoms with Crippen molar-refractivity contribution in [3.8, 4) is 0 Å². The summed E-state index contributed by atoms with van der Waals surface area (Å²) in [5, 5.41) is 6.10. The average molecular weight is 377 g/mol. The standard InChI is InChI=1S/C10H23N3O2S.HI/c1-4-5-6-7-12-10(11-2)13-8-9-16(3,14)15;/h4-9H2,1-3H3,(H2,11,12,13);1H. The first-order valence-electron chi connectivity index (χ1n) is 5.62. The Hall–Kier alpha value is -0.0500. The summed E-state index contributed by atoms with van der Waals surface area (Å²) in [7, 11) is -1.23. The fraction of sp³-hybridized carbons (Fsp3) is 0.900. The maximum absolute atomic E-state index is 10.9. The molecule has 0 fully saturated rings. The Labute approximate surface area is 122 Å². The lowest BCUT2D eigenvalue weighted by atomic mass is 10.2. The van der Waals surface area contributed by atoms with Gasteiger partial charge < -0.3 is 10.6 Å². The number of nitrogens with zero attached hydrogens (tertiary/aromatic N) is 1. The van der Waals surface area contributed by atoms with E-state index >= 15 is 0 Å². The minimum Gasteiger partial charge on any atom is -0.356 e. The van der Waals surface area contributed by atoms with E-state index in [1.807, 2.05) is 0 Å². The minimum absolute atomic E-state index is 0. The van der Waals surface area contributed by atoms with Gasteiger partial charge in [0.2, 0.25) is 0 Å². The summed E-state index contributed by atoms with van der Waals surface area (Å²) in [6.45, 7) is 3.41. The predicted molar refractivity (Wildman–Crippen MR) is 84.0 cm³/mol. The third-order valence-electron chi connectivity index (χ3n) is 2.06. The second-order valence-electron chi connectivity index (χ2n) is 3.76. The molecule has 0 radical (unpaired) electrons. The van der Waals surface area contributed by atoms with Crippen molar-refractivity contribution in [3.05, 3.63) is 0 Å². The third kappa shape index (κ3) is 13.9. The zero-order valence-corrected chi connectivity index (χ0v) is 14.0. The van der Waals surface area contributed by atoms with Crippen LogP contribution in [-0.4, -0.2) is 46.5 Å². The molecule has 0 rings (SSSR count). The average Bonchev–Trinajstić information content (AvgIpc) is 2.20. The van der Waals surface area contributed by atoms with Crippen LogP contribution in [0.25, 0.3) is 0 Å². The number of halogens is 1. The van der Waals surface area contributed by atoms with Crippen molar-refractivity contribution in [1.82, 2.24) is 10.6 Å². The maximum Gasteiger partial charge on any atom is 0.191 e. The van der Waals surface area contributed by atoms with Crippen molar-refractivity contribution in [2.45, 2.75) is 26.2 Å². The number of rotatable bonds is 7. The zero-order chi connectivity index (χ0) is 12.4. The quantitative estimate of drug-likeness (QED) is 0.301. The molecule has 0 amide bonds. The van der Waals surface area contributed by atoms with Gasteiger partial charge in [-0.1, -0.05) is 19.8 Å². The summed E-state index contributed by atoms with van der Waals surface area (Å²) < 4.78 is 21.8. The molecule has 17 heavy (non-hydrogen) atoms. The molecule has 0 heterocycles. The summed E-state index contributed by atoms with van der Waals surface area (Å²) in [6.07, 6.45) is 4.70. The highest BCUT2D eigenvalue weighted by Crippen LogP contribution is 1.90. The largest absolute Gasteiger partial charge is 0.356 e. The molecule has 0 aromatic rings. The number of guanidine groups is 1. The Morgan fingerprint density at radius 1 is 1.18 bits per heavy atom. The SMILES string of the molecule is CCCCCNC(=NC)NCCS(C)(=O)=O.I. The van der Waals surface area contributed by atoms with Gasteiger partial charge in [-0.3, -0.25) is 4.99 Å². The highest BCUT2D eigenvalue weighted by Gasteiger charge is 2.02. The fourth-order valence-corrected chi connectivity index (χ4v) is 1.63. The lowest BCUT2D eigenvalue weighted by molar-refractivity contribution is 0.600. The molecule has 0 saturated carbocycles. The Morgan fingerprint density at radius 2 is 1.76 bits per heavy atom. The predicted octanol–water partition coefficient (Wildman–Crippen LogP) is 1.00. The molecule has 0 unspecified atom stereocenters. The van der Waals surface area contributed by atoms with E-state index in [4.69, 9.17) is 0 Å². The van der Waals surface area contributed by atoms with Crippen LogP contribution in [0.3, 0.4) is 0 Å². The first-order valence-corrected chi connectivity index (χ1v) is 7.68. The molecule has 0 aliphatic heterocycles. The summed E-state index contributed by atoms with van der Waals surface area (Å²) in [4.78, 5) is 4.00. The second-order valence-corrected chi connectivity index (χ2v) is 6.02. The number of sulfone groups is 1. The Bertz CT molecular complexity index is 305. The highest BCUT2D eigenvalue weighted by molar-refractivity contribution is 14.0. The van der Waals surface area contributed by atoms with Gasteiger partial charge in [-0.05, 0) is 6.42 Å². The molecule has 2 N–H and O–H groups in total. The van der Waals surface area contributed by atoms with Gasteiger partial charge in [0.1, 0.15) is 9.84 Å². The molecule has 104 valence electrons. The van der Waals surface area contributed by atoms with Gasteiger partial charge in [-0.25, -0.2) is 8.42 Å². The Balaban J connectivity index is 0. The van der Waals surface area contributed by atoms with Gasteiger partial charge in [-0.2, -0.15) is 0 Å². The number of hydrogen-bond acceptors (Lipinski definition) is 3. The van der Waals surface area contributed by atoms with E-state index in [1.54, 1.807) is 7.05 Å². The smallest absolute Gasteiger partial charge is 0.191 e. The van der Waals surface area contributed by atoms with E-state index in [0.29, 0.717) is 12.5 Å². The van der Waals surface area contributed by atoms with E-state index in [-0.39, 0.29) is 29.7 Å². The van der Waals surface area contributed by atoms with E-state index in [0.717, 1.165) is 13.0 Å². The lowest BCUT2D eigenvalue weighted by Gasteiger charge is -2.10. The molecule has 5 nitrogen and oxygen atoms in total. The summed E-state index contributed by atoms with van der Waals surface area (Å²) in [6, 6.07) is 0. The van der Waals surface area contributed by atoms with Crippen molar-refractivity contribution in [1.29, 1.82) is 0 Å². The zero-order valence-electron chi connectivity index (χ0n) is 10.8. The van der Waals surface area contributed by atoms with Crippen LogP contribution < -0.4 is 10.6 Å². The van der Waals surface area contributed by atoms with Crippen LogP contribution in [0.15, 0.2) is 4.99 Å². The second kappa shape index (κ2) is 11.1. The Morgan fingerprint density at radius 3 is 2.24 bits per heavy atom. The number of hydrogen-bond donors (Lipinski definition) is 2. The maximum atomic E-state index is 10.9. The topological polar surface area (TPSA) is 70.6 Å². The summed E-state index contributed by atoms with van der Waals surface area (Å²) in [5.74, 6) is 0.794. The van der Waals surface area contributed by atoms with Crippen LogP contribution in [0.2, 0.25) is 0 Å². The van der Waals surface area contributed by atoms with Crippen molar-refractivity contribution in [2.75, 3.05) is 32.1 Å². The molecule has 0 spiro atoms. The monoisotopic (exact) mass is 377 g/mol. The van der Waals surface area contributed by atoms with E-state index in [9.17, 15) is 8.42 Å². The van der Waals surface area contributed by atoms with Crippen LogP contribution in [0.1, 0.15) is 26.2 Å². The molecule has 0 aromatic heterocycles. The van der Waals surface area contributed by atoms with Crippen LogP contribution >= 0.6 is 24.0 Å². The van der Waals surface area contributed by atoms with E-state index in [2.05, 4.69) is 22.5 Å². The summed E-state index contributed by atoms with van der Waals surface area (Å²) >= 11 is 0. The third-order valence-corrected chi connectivity index (χ3v) is 3.01. The van der Waals surface area contributed by atoms with Crippen LogP contribution in [0.5, 0.6) is 0 Å². The Kier molecular flexibility index (Phi) is 12.6. The van der Waals surface area contributed by atoms with Crippen molar-refractivity contribution in [2.24, 2.45) is 4.99 Å².